The Morgan fingerprint density at radius 2 is 1.65 bits per heavy atom. The molecule has 0 aromatic heterocycles. The Morgan fingerprint density at radius 3 is 2.18 bits per heavy atom. The van der Waals surface area contributed by atoms with Gasteiger partial charge in [0, 0.05) is 0 Å². The van der Waals surface area contributed by atoms with Crippen molar-refractivity contribution in [3.63, 3.8) is 0 Å². The van der Waals surface area contributed by atoms with Gasteiger partial charge in [0.25, 0.3) is 0 Å². The molecule has 0 heterocycles. The average molecular weight is 233 g/mol. The maximum Gasteiger partial charge on any atom is -0.00259 e. The van der Waals surface area contributed by atoms with E-state index in [2.05, 4.69) is 56.4 Å². The molecule has 96 valence electrons. The van der Waals surface area contributed by atoms with Crippen LogP contribution >= 0.6 is 0 Å². The predicted molar refractivity (Wildman–Crippen MR) is 76.3 cm³/mol. The highest BCUT2D eigenvalue weighted by atomic mass is 14.8. The largest absolute Gasteiger partial charge is 0.319 e. The molecule has 17 heavy (non-hydrogen) atoms. The van der Waals surface area contributed by atoms with Gasteiger partial charge in [0.05, 0.1) is 0 Å². The van der Waals surface area contributed by atoms with Crippen LogP contribution in [0.1, 0.15) is 45.1 Å². The average Bonchev–Trinajstić information content (AvgIpc) is 2.29. The fraction of sp³-hybridized carbons (Fsp3) is 0.625. The summed E-state index contributed by atoms with van der Waals surface area (Å²) in [6.07, 6.45) is 2.57. The highest BCUT2D eigenvalue weighted by Gasteiger charge is 2.16. The van der Waals surface area contributed by atoms with Crippen molar-refractivity contribution >= 4 is 0 Å². The molecule has 0 amide bonds. The fourth-order valence-corrected chi connectivity index (χ4v) is 2.58. The Morgan fingerprint density at radius 1 is 1.00 bits per heavy atom. The zero-order valence-corrected chi connectivity index (χ0v) is 11.7. The quantitative estimate of drug-likeness (QED) is 0.749. The lowest BCUT2D eigenvalue weighted by molar-refractivity contribution is 0.399. The molecule has 1 rings (SSSR count). The zero-order chi connectivity index (χ0) is 12.7. The van der Waals surface area contributed by atoms with Crippen LogP contribution in [-0.2, 0) is 0 Å². The summed E-state index contributed by atoms with van der Waals surface area (Å²) in [6.45, 7) is 8.09. The zero-order valence-electron chi connectivity index (χ0n) is 11.7. The van der Waals surface area contributed by atoms with Crippen molar-refractivity contribution in [1.82, 2.24) is 5.32 Å². The van der Waals surface area contributed by atoms with Gasteiger partial charge in [-0.15, -0.1) is 0 Å². The number of nitrogens with one attached hydrogen (secondary N) is 1. The van der Waals surface area contributed by atoms with Crippen LogP contribution in [0, 0.1) is 11.8 Å². The standard InChI is InChI=1S/C16H27N/c1-13(2)10-16(11-14(3)12-17-4)15-8-6-5-7-9-15/h5-9,13-14,16-17H,10-12H2,1-4H3/t14-,16?/m0/s1. The summed E-state index contributed by atoms with van der Waals surface area (Å²) in [5, 5.41) is 3.28. The summed E-state index contributed by atoms with van der Waals surface area (Å²) < 4.78 is 0. The van der Waals surface area contributed by atoms with Gasteiger partial charge >= 0.3 is 0 Å². The van der Waals surface area contributed by atoms with Crippen molar-refractivity contribution in [2.45, 2.75) is 39.5 Å². The van der Waals surface area contributed by atoms with Gasteiger partial charge in [-0.25, -0.2) is 0 Å². The van der Waals surface area contributed by atoms with E-state index < -0.39 is 0 Å². The lowest BCUT2D eigenvalue weighted by Crippen LogP contribution is -2.19. The minimum atomic E-state index is 0.708. The smallest absolute Gasteiger partial charge is 0.00259 e. The maximum atomic E-state index is 3.28. The highest BCUT2D eigenvalue weighted by Crippen LogP contribution is 2.29. The van der Waals surface area contributed by atoms with Gasteiger partial charge in [-0.05, 0) is 49.8 Å². The fourth-order valence-electron chi connectivity index (χ4n) is 2.58. The van der Waals surface area contributed by atoms with E-state index in [1.54, 1.807) is 0 Å². The number of hydrogen-bond acceptors (Lipinski definition) is 1. The van der Waals surface area contributed by atoms with Crippen LogP contribution in [0.3, 0.4) is 0 Å². The Hall–Kier alpha value is -0.820. The second-order valence-electron chi connectivity index (χ2n) is 5.64. The predicted octanol–water partition coefficient (Wildman–Crippen LogP) is 4.06. The molecule has 0 spiro atoms. The SMILES string of the molecule is CNC[C@@H](C)CC(CC(C)C)c1ccccc1. The van der Waals surface area contributed by atoms with Crippen molar-refractivity contribution in [3.8, 4) is 0 Å². The third kappa shape index (κ3) is 5.36. The Kier molecular flexibility index (Phi) is 6.28. The molecule has 0 saturated heterocycles. The van der Waals surface area contributed by atoms with Crippen LogP contribution in [0.15, 0.2) is 30.3 Å². The summed E-state index contributed by atoms with van der Waals surface area (Å²) in [6, 6.07) is 11.0. The first-order valence-corrected chi connectivity index (χ1v) is 6.83. The van der Waals surface area contributed by atoms with Gasteiger partial charge in [0.2, 0.25) is 0 Å². The second kappa shape index (κ2) is 7.50. The molecule has 1 N–H and O–H groups in total. The van der Waals surface area contributed by atoms with Gasteiger partial charge in [-0.3, -0.25) is 0 Å². The van der Waals surface area contributed by atoms with Crippen LogP contribution in [0.4, 0.5) is 0 Å². The third-order valence-corrected chi connectivity index (χ3v) is 3.27. The topological polar surface area (TPSA) is 12.0 Å². The van der Waals surface area contributed by atoms with Crippen LogP contribution in [0.2, 0.25) is 0 Å². The molecule has 1 unspecified atom stereocenters. The lowest BCUT2D eigenvalue weighted by Gasteiger charge is -2.23. The third-order valence-electron chi connectivity index (χ3n) is 3.27. The molecule has 1 aromatic carbocycles. The van der Waals surface area contributed by atoms with Crippen LogP contribution in [-0.4, -0.2) is 13.6 Å². The van der Waals surface area contributed by atoms with Crippen molar-refractivity contribution < 1.29 is 0 Å². The number of hydrogen-bond donors (Lipinski definition) is 1. The molecule has 0 aliphatic rings. The number of rotatable bonds is 7. The second-order valence-corrected chi connectivity index (χ2v) is 5.64. The molecule has 1 aromatic rings. The molecule has 2 atom stereocenters. The normalized spacial score (nSPS) is 14.9. The molecule has 1 nitrogen and oxygen atoms in total. The van der Waals surface area contributed by atoms with E-state index in [1.807, 2.05) is 7.05 Å². The van der Waals surface area contributed by atoms with E-state index in [1.165, 1.54) is 18.4 Å². The minimum Gasteiger partial charge on any atom is -0.319 e. The monoisotopic (exact) mass is 233 g/mol. The van der Waals surface area contributed by atoms with Gasteiger partial charge in [0.1, 0.15) is 0 Å². The molecule has 0 aliphatic heterocycles. The maximum absolute atomic E-state index is 3.28. The van der Waals surface area contributed by atoms with Gasteiger partial charge in [-0.1, -0.05) is 51.1 Å². The summed E-state index contributed by atoms with van der Waals surface area (Å²) in [7, 11) is 2.04. The molecular formula is C16H27N. The Labute approximate surface area is 107 Å². The van der Waals surface area contributed by atoms with E-state index in [9.17, 15) is 0 Å². The van der Waals surface area contributed by atoms with Gasteiger partial charge in [0.15, 0.2) is 0 Å². The molecular weight excluding hydrogens is 206 g/mol. The van der Waals surface area contributed by atoms with E-state index in [0.717, 1.165) is 18.4 Å². The van der Waals surface area contributed by atoms with Crippen molar-refractivity contribution in [1.29, 1.82) is 0 Å². The molecule has 0 fully saturated rings. The van der Waals surface area contributed by atoms with E-state index >= 15 is 0 Å². The van der Waals surface area contributed by atoms with Crippen molar-refractivity contribution in [3.05, 3.63) is 35.9 Å². The summed E-state index contributed by atoms with van der Waals surface area (Å²) in [4.78, 5) is 0. The summed E-state index contributed by atoms with van der Waals surface area (Å²) in [5.74, 6) is 2.21. The first kappa shape index (κ1) is 14.2. The summed E-state index contributed by atoms with van der Waals surface area (Å²) >= 11 is 0. The van der Waals surface area contributed by atoms with Crippen LogP contribution < -0.4 is 5.32 Å². The van der Waals surface area contributed by atoms with Gasteiger partial charge in [-0.2, -0.15) is 0 Å². The Bertz CT molecular complexity index is 292. The number of benzene rings is 1. The van der Waals surface area contributed by atoms with Gasteiger partial charge < -0.3 is 5.32 Å². The van der Waals surface area contributed by atoms with E-state index in [-0.39, 0.29) is 0 Å². The Balaban J connectivity index is 2.67. The van der Waals surface area contributed by atoms with E-state index in [0.29, 0.717) is 5.92 Å². The first-order chi connectivity index (χ1) is 8.13. The van der Waals surface area contributed by atoms with Crippen LogP contribution in [0.5, 0.6) is 0 Å². The molecule has 0 saturated carbocycles. The lowest BCUT2D eigenvalue weighted by atomic mass is 9.84. The van der Waals surface area contributed by atoms with Crippen molar-refractivity contribution in [2.24, 2.45) is 11.8 Å². The summed E-state index contributed by atoms with van der Waals surface area (Å²) in [5.41, 5.74) is 1.50. The highest BCUT2D eigenvalue weighted by molar-refractivity contribution is 5.19. The molecule has 0 aliphatic carbocycles. The minimum absolute atomic E-state index is 0.708. The molecule has 0 radical (unpaired) electrons. The molecule has 1 heteroatoms. The van der Waals surface area contributed by atoms with Crippen molar-refractivity contribution in [2.75, 3.05) is 13.6 Å². The first-order valence-electron chi connectivity index (χ1n) is 6.83. The van der Waals surface area contributed by atoms with E-state index in [4.69, 9.17) is 0 Å². The molecule has 0 bridgehead atoms. The van der Waals surface area contributed by atoms with Crippen LogP contribution in [0.25, 0.3) is 0 Å².